The maximum Gasteiger partial charge on any atom is 0.127 e. The predicted molar refractivity (Wildman–Crippen MR) is 77.5 cm³/mol. The Morgan fingerprint density at radius 3 is 2.80 bits per heavy atom. The van der Waals surface area contributed by atoms with Gasteiger partial charge in [-0.25, -0.2) is 4.39 Å². The molecule has 1 heterocycles. The van der Waals surface area contributed by atoms with Gasteiger partial charge in [0.05, 0.1) is 6.61 Å². The lowest BCUT2D eigenvalue weighted by Crippen LogP contribution is -2.26. The molecule has 0 amide bonds. The van der Waals surface area contributed by atoms with Crippen LogP contribution in [0.25, 0.3) is 0 Å². The second kappa shape index (κ2) is 5.63. The van der Waals surface area contributed by atoms with Crippen molar-refractivity contribution in [1.29, 1.82) is 0 Å². The molecule has 0 aliphatic carbocycles. The van der Waals surface area contributed by atoms with E-state index in [0.29, 0.717) is 18.1 Å². The highest BCUT2D eigenvalue weighted by molar-refractivity contribution is 5.39. The molecular weight excluding hydrogens is 253 g/mol. The van der Waals surface area contributed by atoms with Crippen molar-refractivity contribution in [2.75, 3.05) is 13.2 Å². The number of nitrogens with one attached hydrogen (secondary N) is 1. The standard InChI is InChI=1S/C17H18FNO/c1-12(14-6-2-4-8-16(14)18)19-10-13-11-20-17-9-5-3-7-15(13)17/h2-9,12-13,19H,10-11H2,1H3/t12-,13?/m1/s1. The Bertz CT molecular complexity index is 599. The summed E-state index contributed by atoms with van der Waals surface area (Å²) in [5, 5.41) is 3.40. The van der Waals surface area contributed by atoms with E-state index in [4.69, 9.17) is 4.74 Å². The van der Waals surface area contributed by atoms with Gasteiger partial charge in [-0.3, -0.25) is 0 Å². The van der Waals surface area contributed by atoms with Gasteiger partial charge in [0.2, 0.25) is 0 Å². The zero-order valence-electron chi connectivity index (χ0n) is 11.5. The Balaban J connectivity index is 1.65. The van der Waals surface area contributed by atoms with E-state index in [2.05, 4.69) is 11.4 Å². The Morgan fingerprint density at radius 1 is 1.20 bits per heavy atom. The number of hydrogen-bond donors (Lipinski definition) is 1. The van der Waals surface area contributed by atoms with Crippen LogP contribution in [0.4, 0.5) is 4.39 Å². The van der Waals surface area contributed by atoms with Crippen molar-refractivity contribution in [3.05, 3.63) is 65.5 Å². The van der Waals surface area contributed by atoms with Gasteiger partial charge in [0.25, 0.3) is 0 Å². The minimum atomic E-state index is -0.157. The van der Waals surface area contributed by atoms with Crippen molar-refractivity contribution in [1.82, 2.24) is 5.32 Å². The zero-order valence-corrected chi connectivity index (χ0v) is 11.5. The molecule has 1 aliphatic rings. The molecular formula is C17H18FNO. The smallest absolute Gasteiger partial charge is 0.127 e. The number of fused-ring (bicyclic) bond motifs is 1. The number of ether oxygens (including phenoxy) is 1. The Hall–Kier alpha value is -1.87. The van der Waals surface area contributed by atoms with Crippen LogP contribution in [0, 0.1) is 5.82 Å². The molecule has 104 valence electrons. The molecule has 1 aliphatic heterocycles. The summed E-state index contributed by atoms with van der Waals surface area (Å²) in [6.07, 6.45) is 0. The van der Waals surface area contributed by atoms with Gasteiger partial charge in [-0.15, -0.1) is 0 Å². The van der Waals surface area contributed by atoms with Crippen molar-refractivity contribution in [3.8, 4) is 5.75 Å². The van der Waals surface area contributed by atoms with E-state index >= 15 is 0 Å². The van der Waals surface area contributed by atoms with Crippen LogP contribution in [0.3, 0.4) is 0 Å². The highest BCUT2D eigenvalue weighted by atomic mass is 19.1. The van der Waals surface area contributed by atoms with Gasteiger partial charge in [0.15, 0.2) is 0 Å². The quantitative estimate of drug-likeness (QED) is 0.916. The number of hydrogen-bond acceptors (Lipinski definition) is 2. The summed E-state index contributed by atoms with van der Waals surface area (Å²) in [7, 11) is 0. The molecule has 2 aromatic rings. The fraction of sp³-hybridized carbons (Fsp3) is 0.294. The molecule has 0 spiro atoms. The van der Waals surface area contributed by atoms with E-state index in [-0.39, 0.29) is 11.9 Å². The molecule has 0 saturated heterocycles. The molecule has 3 rings (SSSR count). The molecule has 0 bridgehead atoms. The minimum Gasteiger partial charge on any atom is -0.493 e. The number of benzene rings is 2. The van der Waals surface area contributed by atoms with Crippen LogP contribution >= 0.6 is 0 Å². The maximum absolute atomic E-state index is 13.7. The van der Waals surface area contributed by atoms with E-state index < -0.39 is 0 Å². The van der Waals surface area contributed by atoms with E-state index in [1.165, 1.54) is 11.6 Å². The average Bonchev–Trinajstić information content (AvgIpc) is 2.88. The fourth-order valence-corrected chi connectivity index (χ4v) is 2.65. The van der Waals surface area contributed by atoms with Gasteiger partial charge >= 0.3 is 0 Å². The third-order valence-electron chi connectivity index (χ3n) is 3.84. The van der Waals surface area contributed by atoms with E-state index in [0.717, 1.165) is 12.3 Å². The monoisotopic (exact) mass is 271 g/mol. The maximum atomic E-state index is 13.7. The van der Waals surface area contributed by atoms with Crippen LogP contribution in [-0.4, -0.2) is 13.2 Å². The topological polar surface area (TPSA) is 21.3 Å². The molecule has 0 saturated carbocycles. The van der Waals surface area contributed by atoms with Crippen molar-refractivity contribution in [3.63, 3.8) is 0 Å². The van der Waals surface area contributed by atoms with Crippen LogP contribution in [0.1, 0.15) is 30.0 Å². The first kappa shape index (κ1) is 13.1. The zero-order chi connectivity index (χ0) is 13.9. The Morgan fingerprint density at radius 2 is 1.95 bits per heavy atom. The normalized spacial score (nSPS) is 18.4. The summed E-state index contributed by atoms with van der Waals surface area (Å²) < 4.78 is 19.4. The third-order valence-corrected chi connectivity index (χ3v) is 3.84. The van der Waals surface area contributed by atoms with Crippen molar-refractivity contribution >= 4 is 0 Å². The summed E-state index contributed by atoms with van der Waals surface area (Å²) in [6.45, 7) is 3.46. The lowest BCUT2D eigenvalue weighted by molar-refractivity contribution is 0.323. The molecule has 2 atom stereocenters. The third kappa shape index (κ3) is 2.54. The second-order valence-electron chi connectivity index (χ2n) is 5.20. The largest absolute Gasteiger partial charge is 0.493 e. The SMILES string of the molecule is C[C@@H](NCC1COc2ccccc21)c1ccccc1F. The van der Waals surface area contributed by atoms with Crippen LogP contribution in [0.5, 0.6) is 5.75 Å². The molecule has 1 unspecified atom stereocenters. The molecule has 0 radical (unpaired) electrons. The molecule has 20 heavy (non-hydrogen) atoms. The molecule has 3 heteroatoms. The minimum absolute atomic E-state index is 0.0102. The molecule has 0 aromatic heterocycles. The second-order valence-corrected chi connectivity index (χ2v) is 5.20. The van der Waals surface area contributed by atoms with Crippen molar-refractivity contribution in [2.24, 2.45) is 0 Å². The molecule has 0 fully saturated rings. The van der Waals surface area contributed by atoms with Crippen LogP contribution in [-0.2, 0) is 0 Å². The van der Waals surface area contributed by atoms with Crippen LogP contribution < -0.4 is 10.1 Å². The van der Waals surface area contributed by atoms with Crippen molar-refractivity contribution in [2.45, 2.75) is 18.9 Å². The summed E-state index contributed by atoms with van der Waals surface area (Å²) in [6, 6.07) is 15.0. The van der Waals surface area contributed by atoms with Gasteiger partial charge in [-0.1, -0.05) is 36.4 Å². The first-order valence-electron chi connectivity index (χ1n) is 6.95. The summed E-state index contributed by atoms with van der Waals surface area (Å²) >= 11 is 0. The van der Waals surface area contributed by atoms with Gasteiger partial charge < -0.3 is 10.1 Å². The average molecular weight is 271 g/mol. The van der Waals surface area contributed by atoms with Gasteiger partial charge in [-0.05, 0) is 19.1 Å². The Labute approximate surface area is 118 Å². The van der Waals surface area contributed by atoms with Crippen LogP contribution in [0.2, 0.25) is 0 Å². The summed E-state index contributed by atoms with van der Waals surface area (Å²) in [5.74, 6) is 1.15. The predicted octanol–water partition coefficient (Wildman–Crippen LogP) is 3.65. The first-order valence-corrected chi connectivity index (χ1v) is 6.95. The lowest BCUT2D eigenvalue weighted by atomic mass is 10.0. The molecule has 2 aromatic carbocycles. The van der Waals surface area contributed by atoms with Gasteiger partial charge in [0, 0.05) is 29.6 Å². The highest BCUT2D eigenvalue weighted by Crippen LogP contribution is 2.33. The Kier molecular flexibility index (Phi) is 3.70. The number of para-hydroxylation sites is 1. The van der Waals surface area contributed by atoms with Crippen molar-refractivity contribution < 1.29 is 9.13 Å². The highest BCUT2D eigenvalue weighted by Gasteiger charge is 2.24. The summed E-state index contributed by atoms with van der Waals surface area (Å²) in [5.41, 5.74) is 1.94. The molecule has 1 N–H and O–H groups in total. The first-order chi connectivity index (χ1) is 9.75. The number of halogens is 1. The lowest BCUT2D eigenvalue weighted by Gasteiger charge is -2.17. The van der Waals surface area contributed by atoms with E-state index in [1.807, 2.05) is 37.3 Å². The van der Waals surface area contributed by atoms with Gasteiger partial charge in [-0.2, -0.15) is 0 Å². The van der Waals surface area contributed by atoms with E-state index in [1.54, 1.807) is 6.07 Å². The van der Waals surface area contributed by atoms with Crippen LogP contribution in [0.15, 0.2) is 48.5 Å². The van der Waals surface area contributed by atoms with Gasteiger partial charge in [0.1, 0.15) is 11.6 Å². The molecule has 2 nitrogen and oxygen atoms in total. The van der Waals surface area contributed by atoms with E-state index in [9.17, 15) is 4.39 Å². The fourth-order valence-electron chi connectivity index (χ4n) is 2.65. The number of rotatable bonds is 4. The summed E-state index contributed by atoms with van der Waals surface area (Å²) in [4.78, 5) is 0.